The smallest absolute Gasteiger partial charge is 0.407 e. The summed E-state index contributed by atoms with van der Waals surface area (Å²) < 4.78 is 5.52. The first-order valence-electron chi connectivity index (χ1n) is 11.6. The number of rotatable bonds is 10. The van der Waals surface area contributed by atoms with Crippen LogP contribution in [0.5, 0.6) is 0 Å². The van der Waals surface area contributed by atoms with Crippen molar-refractivity contribution < 1.29 is 24.2 Å². The molecule has 0 radical (unpaired) electrons. The average molecular weight is 493 g/mol. The van der Waals surface area contributed by atoms with Crippen molar-refractivity contribution in [2.45, 2.75) is 31.7 Å². The number of alkyl carbamates (subject to hydrolysis) is 1. The van der Waals surface area contributed by atoms with Gasteiger partial charge in [0.05, 0.1) is 0 Å². The zero-order valence-corrected chi connectivity index (χ0v) is 20.2. The number of carbonyl (C=O) groups is 3. The van der Waals surface area contributed by atoms with E-state index in [4.69, 9.17) is 4.74 Å². The molecule has 3 aromatic rings. The van der Waals surface area contributed by atoms with E-state index in [1.807, 2.05) is 24.3 Å². The second kappa shape index (κ2) is 11.2. The fourth-order valence-corrected chi connectivity index (χ4v) is 5.14. The molecule has 4 rings (SSSR count). The number of fused-ring (bicyclic) bond motifs is 3. The molecule has 1 aliphatic rings. The number of amides is 2. The van der Waals surface area contributed by atoms with E-state index < -0.39 is 18.1 Å². The third-order valence-electron chi connectivity index (χ3n) is 6.24. The summed E-state index contributed by atoms with van der Waals surface area (Å²) in [6, 6.07) is 18.7. The molecule has 3 N–H and O–H groups in total. The van der Waals surface area contributed by atoms with Crippen molar-refractivity contribution in [3.8, 4) is 11.1 Å². The van der Waals surface area contributed by atoms with E-state index in [1.165, 1.54) is 22.5 Å². The van der Waals surface area contributed by atoms with Crippen LogP contribution in [0.2, 0.25) is 0 Å². The molecular formula is C27H28N2O5S. The standard InChI is InChI=1S/C27H28N2O5S/c1-17(25(30)29-24(26(31)32)23-13-7-15-35-23)8-6-14-28-27(33)34-16-22-20-11-4-2-9-18(20)19-10-3-5-12-21(19)22/h2-5,7,9-13,15,17,22,24H,6,8,14,16H2,1H3,(H,28,33)(H,29,30)(H,31,32). The quantitative estimate of drug-likeness (QED) is 0.348. The summed E-state index contributed by atoms with van der Waals surface area (Å²) in [5.41, 5.74) is 4.66. The van der Waals surface area contributed by atoms with Gasteiger partial charge in [-0.1, -0.05) is 61.5 Å². The molecule has 0 spiro atoms. The van der Waals surface area contributed by atoms with Gasteiger partial charge in [-0.15, -0.1) is 11.3 Å². The number of ether oxygens (including phenoxy) is 1. The number of thiophene rings is 1. The van der Waals surface area contributed by atoms with Crippen LogP contribution in [0.1, 0.15) is 47.7 Å². The summed E-state index contributed by atoms with van der Waals surface area (Å²) in [4.78, 5) is 36.8. The Bertz CT molecular complexity index is 1150. The molecule has 0 fully saturated rings. The Morgan fingerprint density at radius 1 is 1.00 bits per heavy atom. The van der Waals surface area contributed by atoms with Crippen molar-refractivity contribution in [3.63, 3.8) is 0 Å². The maximum Gasteiger partial charge on any atom is 0.407 e. The van der Waals surface area contributed by atoms with Crippen molar-refractivity contribution in [3.05, 3.63) is 82.0 Å². The SMILES string of the molecule is CC(CCCNC(=O)OCC1c2ccccc2-c2ccccc21)C(=O)NC(C(=O)O)c1cccs1. The zero-order valence-electron chi connectivity index (χ0n) is 19.4. The Balaban J connectivity index is 1.20. The number of hydrogen-bond acceptors (Lipinski definition) is 5. The Morgan fingerprint density at radius 2 is 1.66 bits per heavy atom. The van der Waals surface area contributed by atoms with Crippen LogP contribution < -0.4 is 10.6 Å². The Labute approximate surface area is 208 Å². The average Bonchev–Trinajstić information content (AvgIpc) is 3.50. The fourth-order valence-electron chi connectivity index (χ4n) is 4.37. The summed E-state index contributed by atoms with van der Waals surface area (Å²) in [6.07, 6.45) is 0.578. The van der Waals surface area contributed by atoms with Gasteiger partial charge in [-0.3, -0.25) is 4.79 Å². The van der Waals surface area contributed by atoms with Crippen molar-refractivity contribution in [1.29, 1.82) is 0 Å². The summed E-state index contributed by atoms with van der Waals surface area (Å²) in [7, 11) is 0. The second-order valence-corrected chi connectivity index (χ2v) is 9.57. The van der Waals surface area contributed by atoms with E-state index in [9.17, 15) is 19.5 Å². The summed E-state index contributed by atoms with van der Waals surface area (Å²) in [5, 5.41) is 16.5. The molecule has 182 valence electrons. The van der Waals surface area contributed by atoms with Gasteiger partial charge in [0.2, 0.25) is 5.91 Å². The van der Waals surface area contributed by atoms with E-state index in [-0.39, 0.29) is 24.3 Å². The normalized spacial score (nSPS) is 13.9. The van der Waals surface area contributed by atoms with Crippen molar-refractivity contribution in [1.82, 2.24) is 10.6 Å². The molecule has 1 heterocycles. The van der Waals surface area contributed by atoms with Gasteiger partial charge in [0.25, 0.3) is 0 Å². The molecule has 8 heteroatoms. The summed E-state index contributed by atoms with van der Waals surface area (Å²) >= 11 is 1.29. The van der Waals surface area contributed by atoms with Crippen LogP contribution in [0, 0.1) is 5.92 Å². The molecule has 1 aliphatic carbocycles. The van der Waals surface area contributed by atoms with Crippen LogP contribution in [0.4, 0.5) is 4.79 Å². The molecule has 0 saturated carbocycles. The third kappa shape index (κ3) is 5.71. The molecule has 2 amide bonds. The fraction of sp³-hybridized carbons (Fsp3) is 0.296. The Kier molecular flexibility index (Phi) is 7.82. The van der Waals surface area contributed by atoms with Gasteiger partial charge in [-0.05, 0) is 46.5 Å². The molecular weight excluding hydrogens is 464 g/mol. The Hall–Kier alpha value is -3.65. The predicted molar refractivity (Wildman–Crippen MR) is 134 cm³/mol. The molecule has 2 atom stereocenters. The summed E-state index contributed by atoms with van der Waals surface area (Å²) in [5.74, 6) is -1.81. The van der Waals surface area contributed by atoms with Gasteiger partial charge in [0.1, 0.15) is 6.61 Å². The minimum Gasteiger partial charge on any atom is -0.479 e. The number of hydrogen-bond donors (Lipinski definition) is 3. The van der Waals surface area contributed by atoms with Crippen LogP contribution in [0.15, 0.2) is 66.0 Å². The first-order valence-corrected chi connectivity index (χ1v) is 12.5. The monoisotopic (exact) mass is 492 g/mol. The highest BCUT2D eigenvalue weighted by Gasteiger charge is 2.29. The van der Waals surface area contributed by atoms with Crippen LogP contribution in [-0.4, -0.2) is 36.2 Å². The second-order valence-electron chi connectivity index (χ2n) is 8.59. The third-order valence-corrected chi connectivity index (χ3v) is 7.17. The molecule has 35 heavy (non-hydrogen) atoms. The molecule has 2 aromatic carbocycles. The predicted octanol–water partition coefficient (Wildman–Crippen LogP) is 4.95. The maximum atomic E-state index is 12.5. The first-order chi connectivity index (χ1) is 17.0. The first kappa shape index (κ1) is 24.5. The lowest BCUT2D eigenvalue weighted by Gasteiger charge is -2.17. The van der Waals surface area contributed by atoms with Gasteiger partial charge in [-0.2, -0.15) is 0 Å². The molecule has 1 aromatic heterocycles. The number of benzene rings is 2. The molecule has 7 nitrogen and oxygen atoms in total. The number of carboxylic acid groups (broad SMARTS) is 1. The number of carboxylic acids is 1. The van der Waals surface area contributed by atoms with Crippen LogP contribution in [0.25, 0.3) is 11.1 Å². The van der Waals surface area contributed by atoms with Gasteiger partial charge < -0.3 is 20.5 Å². The molecule has 2 unspecified atom stereocenters. The lowest BCUT2D eigenvalue weighted by molar-refractivity contribution is -0.142. The molecule has 0 saturated heterocycles. The van der Waals surface area contributed by atoms with Crippen molar-refractivity contribution >= 4 is 29.3 Å². The molecule has 0 aliphatic heterocycles. The largest absolute Gasteiger partial charge is 0.479 e. The van der Waals surface area contributed by atoms with E-state index in [1.54, 1.807) is 24.4 Å². The van der Waals surface area contributed by atoms with Gasteiger partial charge >= 0.3 is 12.1 Å². The highest BCUT2D eigenvalue weighted by molar-refractivity contribution is 7.10. The van der Waals surface area contributed by atoms with Gasteiger partial charge in [0, 0.05) is 23.3 Å². The molecule has 0 bridgehead atoms. The Morgan fingerprint density at radius 3 is 2.26 bits per heavy atom. The lowest BCUT2D eigenvalue weighted by Crippen LogP contribution is -2.36. The van der Waals surface area contributed by atoms with E-state index in [2.05, 4.69) is 34.9 Å². The minimum atomic E-state index is -1.09. The van der Waals surface area contributed by atoms with Crippen LogP contribution in [-0.2, 0) is 14.3 Å². The zero-order chi connectivity index (χ0) is 24.8. The van der Waals surface area contributed by atoms with Gasteiger partial charge in [0.15, 0.2) is 6.04 Å². The van der Waals surface area contributed by atoms with E-state index in [0.717, 1.165) is 11.1 Å². The highest BCUT2D eigenvalue weighted by Crippen LogP contribution is 2.44. The van der Waals surface area contributed by atoms with E-state index >= 15 is 0 Å². The number of nitrogens with one attached hydrogen (secondary N) is 2. The van der Waals surface area contributed by atoms with Crippen molar-refractivity contribution in [2.24, 2.45) is 5.92 Å². The minimum absolute atomic E-state index is 0.00222. The van der Waals surface area contributed by atoms with Crippen LogP contribution >= 0.6 is 11.3 Å². The summed E-state index contributed by atoms with van der Waals surface area (Å²) in [6.45, 7) is 2.36. The highest BCUT2D eigenvalue weighted by atomic mass is 32.1. The number of carbonyl (C=O) groups excluding carboxylic acids is 2. The van der Waals surface area contributed by atoms with Crippen LogP contribution in [0.3, 0.4) is 0 Å². The maximum absolute atomic E-state index is 12.5. The lowest BCUT2D eigenvalue weighted by atomic mass is 9.98. The number of aliphatic carboxylic acids is 1. The van der Waals surface area contributed by atoms with E-state index in [0.29, 0.717) is 24.3 Å². The van der Waals surface area contributed by atoms with Crippen molar-refractivity contribution in [2.75, 3.05) is 13.2 Å². The van der Waals surface area contributed by atoms with Gasteiger partial charge in [-0.25, -0.2) is 9.59 Å². The topological polar surface area (TPSA) is 105 Å².